The lowest BCUT2D eigenvalue weighted by Gasteiger charge is -2.09. The number of aryl methyl sites for hydroxylation is 3. The highest BCUT2D eigenvalue weighted by Gasteiger charge is 2.28. The molecular formula is C20H18FN7OS. The molecule has 4 aromatic rings. The van der Waals surface area contributed by atoms with Crippen molar-refractivity contribution >= 4 is 33.1 Å². The normalized spacial score (nSPS) is 13.7. The molecule has 1 amide bonds. The molecule has 1 aliphatic carbocycles. The van der Waals surface area contributed by atoms with Crippen molar-refractivity contribution in [1.82, 2.24) is 30.2 Å². The zero-order chi connectivity index (χ0) is 21.0. The molecule has 0 radical (unpaired) electrons. The number of aromatic nitrogens is 6. The van der Waals surface area contributed by atoms with Crippen molar-refractivity contribution in [1.29, 1.82) is 0 Å². The van der Waals surface area contributed by atoms with E-state index in [1.807, 2.05) is 13.8 Å². The Morgan fingerprint density at radius 2 is 2.03 bits per heavy atom. The number of anilines is 1. The van der Waals surface area contributed by atoms with Crippen LogP contribution in [0.5, 0.6) is 0 Å². The summed E-state index contributed by atoms with van der Waals surface area (Å²) < 4.78 is 15.9. The summed E-state index contributed by atoms with van der Waals surface area (Å²) in [5, 5.41) is 14.9. The van der Waals surface area contributed by atoms with Gasteiger partial charge in [-0.2, -0.15) is 4.68 Å². The Kier molecular flexibility index (Phi) is 4.31. The topological polar surface area (TPSA) is 98.5 Å². The van der Waals surface area contributed by atoms with E-state index in [9.17, 15) is 9.18 Å². The molecule has 10 heteroatoms. The maximum absolute atomic E-state index is 14.4. The van der Waals surface area contributed by atoms with Gasteiger partial charge in [-0.15, -0.1) is 16.4 Å². The van der Waals surface area contributed by atoms with Crippen LogP contribution in [0.3, 0.4) is 0 Å². The molecule has 1 N–H and O–H groups in total. The maximum Gasteiger partial charge on any atom is 0.266 e. The first-order valence-electron chi connectivity index (χ1n) is 9.56. The van der Waals surface area contributed by atoms with Gasteiger partial charge in [0.2, 0.25) is 0 Å². The van der Waals surface area contributed by atoms with E-state index < -0.39 is 5.82 Å². The summed E-state index contributed by atoms with van der Waals surface area (Å²) in [4.78, 5) is 23.6. The van der Waals surface area contributed by atoms with Crippen molar-refractivity contribution in [3.05, 3.63) is 51.8 Å². The molecule has 1 aromatic carbocycles. The molecule has 152 valence electrons. The molecule has 1 saturated carbocycles. The highest BCUT2D eigenvalue weighted by molar-refractivity contribution is 7.20. The second-order valence-electron chi connectivity index (χ2n) is 7.43. The van der Waals surface area contributed by atoms with E-state index in [1.165, 1.54) is 28.2 Å². The molecule has 30 heavy (non-hydrogen) atoms. The van der Waals surface area contributed by atoms with E-state index in [-0.39, 0.29) is 11.6 Å². The number of nitrogens with one attached hydrogen (secondary N) is 1. The number of tetrazole rings is 1. The first-order chi connectivity index (χ1) is 14.4. The smallest absolute Gasteiger partial charge is 0.266 e. The fourth-order valence-corrected chi connectivity index (χ4v) is 4.62. The van der Waals surface area contributed by atoms with E-state index in [2.05, 4.69) is 30.8 Å². The van der Waals surface area contributed by atoms with Crippen molar-refractivity contribution in [2.75, 3.05) is 5.32 Å². The third kappa shape index (κ3) is 3.13. The van der Waals surface area contributed by atoms with Gasteiger partial charge in [0.15, 0.2) is 5.82 Å². The van der Waals surface area contributed by atoms with Crippen molar-refractivity contribution in [3.8, 4) is 5.69 Å². The van der Waals surface area contributed by atoms with Crippen LogP contribution in [0.1, 0.15) is 51.3 Å². The molecule has 0 unspecified atom stereocenters. The SMILES string of the molecule is Cc1nc(C2CC2)nc2sc(C(=O)Nc3cc(-n4nnnc4C)ccc3F)c(C)c12. The lowest BCUT2D eigenvalue weighted by Crippen LogP contribution is -2.13. The van der Waals surface area contributed by atoms with Gasteiger partial charge in [-0.3, -0.25) is 4.79 Å². The monoisotopic (exact) mass is 423 g/mol. The summed E-state index contributed by atoms with van der Waals surface area (Å²) in [6.45, 7) is 5.55. The van der Waals surface area contributed by atoms with E-state index >= 15 is 0 Å². The van der Waals surface area contributed by atoms with E-state index in [4.69, 9.17) is 0 Å². The number of halogens is 1. The van der Waals surface area contributed by atoms with Crippen LogP contribution in [-0.2, 0) is 0 Å². The highest BCUT2D eigenvalue weighted by Crippen LogP contribution is 2.40. The molecule has 0 spiro atoms. The van der Waals surface area contributed by atoms with Gasteiger partial charge in [-0.1, -0.05) is 0 Å². The summed E-state index contributed by atoms with van der Waals surface area (Å²) in [6, 6.07) is 4.34. The minimum absolute atomic E-state index is 0.0609. The molecule has 5 rings (SSSR count). The fourth-order valence-electron chi connectivity index (χ4n) is 3.49. The molecule has 0 aliphatic heterocycles. The molecular weight excluding hydrogens is 405 g/mol. The van der Waals surface area contributed by atoms with Crippen molar-refractivity contribution in [2.24, 2.45) is 0 Å². The zero-order valence-electron chi connectivity index (χ0n) is 16.6. The highest BCUT2D eigenvalue weighted by atomic mass is 32.1. The second-order valence-corrected chi connectivity index (χ2v) is 8.43. The third-order valence-electron chi connectivity index (χ3n) is 5.21. The van der Waals surface area contributed by atoms with Crippen LogP contribution in [-0.4, -0.2) is 36.1 Å². The largest absolute Gasteiger partial charge is 0.319 e. The first kappa shape index (κ1) is 18.7. The van der Waals surface area contributed by atoms with E-state index in [1.54, 1.807) is 13.0 Å². The van der Waals surface area contributed by atoms with Gasteiger partial charge in [-0.05, 0) is 67.8 Å². The average Bonchev–Trinajstić information content (AvgIpc) is 3.39. The Labute approximate surface area is 175 Å². The molecule has 0 atom stereocenters. The second kappa shape index (κ2) is 6.91. The molecule has 1 fully saturated rings. The molecule has 3 aromatic heterocycles. The lowest BCUT2D eigenvalue weighted by molar-refractivity contribution is 0.102. The predicted molar refractivity (Wildman–Crippen MR) is 111 cm³/mol. The summed E-state index contributed by atoms with van der Waals surface area (Å²) in [5.41, 5.74) is 2.29. The Morgan fingerprint density at radius 1 is 1.23 bits per heavy atom. The minimum atomic E-state index is -0.538. The maximum atomic E-state index is 14.4. The number of hydrogen-bond donors (Lipinski definition) is 1. The number of rotatable bonds is 4. The number of carbonyl (C=O) groups excluding carboxylic acids is 1. The van der Waals surface area contributed by atoms with Crippen LogP contribution in [0, 0.1) is 26.6 Å². The zero-order valence-corrected chi connectivity index (χ0v) is 17.4. The van der Waals surface area contributed by atoms with Crippen molar-refractivity contribution < 1.29 is 9.18 Å². The van der Waals surface area contributed by atoms with Gasteiger partial charge in [0.05, 0.1) is 21.9 Å². The first-order valence-corrected chi connectivity index (χ1v) is 10.4. The number of benzene rings is 1. The standard InChI is InChI=1S/C20H18FN7OS/c1-9-16-10(2)22-18(12-4-5-12)24-20(16)30-17(9)19(29)23-15-8-13(6-7-14(15)21)28-11(3)25-26-27-28/h6-8,12H,4-5H2,1-3H3,(H,23,29). The van der Waals surface area contributed by atoms with Crippen LogP contribution in [0.15, 0.2) is 18.2 Å². The van der Waals surface area contributed by atoms with Crippen LogP contribution < -0.4 is 5.32 Å². The van der Waals surface area contributed by atoms with E-state index in [0.29, 0.717) is 22.3 Å². The Morgan fingerprint density at radius 3 is 2.73 bits per heavy atom. The van der Waals surface area contributed by atoms with Crippen LogP contribution in [0.2, 0.25) is 0 Å². The quantitative estimate of drug-likeness (QED) is 0.535. The van der Waals surface area contributed by atoms with E-state index in [0.717, 1.165) is 40.1 Å². The Bertz CT molecular complexity index is 1310. The van der Waals surface area contributed by atoms with Gasteiger partial charge < -0.3 is 5.32 Å². The minimum Gasteiger partial charge on any atom is -0.319 e. The average molecular weight is 423 g/mol. The van der Waals surface area contributed by atoms with Crippen LogP contribution in [0.25, 0.3) is 15.9 Å². The van der Waals surface area contributed by atoms with Gasteiger partial charge in [0.1, 0.15) is 16.5 Å². The molecule has 0 saturated heterocycles. The van der Waals surface area contributed by atoms with Crippen molar-refractivity contribution in [3.63, 3.8) is 0 Å². The summed E-state index contributed by atoms with van der Waals surface area (Å²) in [6.07, 6.45) is 2.22. The number of fused-ring (bicyclic) bond motifs is 1. The van der Waals surface area contributed by atoms with Gasteiger partial charge in [-0.25, -0.2) is 14.4 Å². The molecule has 3 heterocycles. The summed E-state index contributed by atoms with van der Waals surface area (Å²) in [7, 11) is 0. The van der Waals surface area contributed by atoms with Crippen LogP contribution >= 0.6 is 11.3 Å². The van der Waals surface area contributed by atoms with Gasteiger partial charge >= 0.3 is 0 Å². The third-order valence-corrected chi connectivity index (χ3v) is 6.39. The summed E-state index contributed by atoms with van der Waals surface area (Å²) in [5.74, 6) is 0.916. The number of amides is 1. The molecule has 1 aliphatic rings. The van der Waals surface area contributed by atoms with Crippen LogP contribution in [0.4, 0.5) is 10.1 Å². The number of thiophene rings is 1. The lowest BCUT2D eigenvalue weighted by atomic mass is 10.1. The van der Waals surface area contributed by atoms with Gasteiger partial charge in [0, 0.05) is 11.3 Å². The predicted octanol–water partition coefficient (Wildman–Crippen LogP) is 3.86. The Hall–Kier alpha value is -3.27. The Balaban J connectivity index is 1.50. The van der Waals surface area contributed by atoms with Crippen molar-refractivity contribution in [2.45, 2.75) is 39.5 Å². The number of hydrogen-bond acceptors (Lipinski definition) is 7. The fraction of sp³-hybridized carbons (Fsp3) is 0.300. The molecule has 0 bridgehead atoms. The number of nitrogens with zero attached hydrogens (tertiary/aromatic N) is 6. The molecule has 8 nitrogen and oxygen atoms in total. The number of carbonyl (C=O) groups is 1. The van der Waals surface area contributed by atoms with Gasteiger partial charge in [0.25, 0.3) is 5.91 Å². The summed E-state index contributed by atoms with van der Waals surface area (Å²) >= 11 is 1.31.